The van der Waals surface area contributed by atoms with Crippen molar-refractivity contribution >= 4 is 27.5 Å². The quantitative estimate of drug-likeness (QED) is 0.868. The minimum Gasteiger partial charge on any atom is -0.398 e. The van der Waals surface area contributed by atoms with Gasteiger partial charge in [0.15, 0.2) is 0 Å². The maximum atomic E-state index is 12.3. The van der Waals surface area contributed by atoms with Gasteiger partial charge in [0.1, 0.15) is 0 Å². The number of hydrogen-bond acceptors (Lipinski definition) is 3. The molecule has 1 aliphatic heterocycles. The molecule has 4 nitrogen and oxygen atoms in total. The molecule has 5 heteroatoms. The standard InChI is InChI=1S/C14H19BrN2O2/c1-17(9-10-4-6-19-7-5-10)14(18)11-2-3-12(15)13(16)8-11/h2-3,8,10H,4-7,9,16H2,1H3. The summed E-state index contributed by atoms with van der Waals surface area (Å²) in [5.74, 6) is 0.557. The van der Waals surface area contributed by atoms with Crippen LogP contribution in [0.4, 0.5) is 5.69 Å². The highest BCUT2D eigenvalue weighted by atomic mass is 79.9. The van der Waals surface area contributed by atoms with Crippen LogP contribution in [0, 0.1) is 5.92 Å². The van der Waals surface area contributed by atoms with Gasteiger partial charge in [0.05, 0.1) is 0 Å². The molecule has 0 atom stereocenters. The van der Waals surface area contributed by atoms with E-state index in [2.05, 4.69) is 15.9 Å². The maximum Gasteiger partial charge on any atom is 0.253 e. The molecule has 0 saturated carbocycles. The smallest absolute Gasteiger partial charge is 0.253 e. The number of nitrogens with two attached hydrogens (primary N) is 1. The van der Waals surface area contributed by atoms with Gasteiger partial charge >= 0.3 is 0 Å². The van der Waals surface area contributed by atoms with Crippen molar-refractivity contribution in [3.63, 3.8) is 0 Å². The molecule has 0 unspecified atom stereocenters. The second-order valence-corrected chi connectivity index (χ2v) is 5.83. The normalized spacial score (nSPS) is 16.3. The molecule has 1 aromatic rings. The molecule has 1 saturated heterocycles. The summed E-state index contributed by atoms with van der Waals surface area (Å²) in [7, 11) is 1.84. The highest BCUT2D eigenvalue weighted by Gasteiger charge is 2.19. The van der Waals surface area contributed by atoms with Crippen LogP contribution in [0.1, 0.15) is 23.2 Å². The number of halogens is 1. The molecule has 0 spiro atoms. The van der Waals surface area contributed by atoms with Crippen LogP contribution < -0.4 is 5.73 Å². The average Bonchev–Trinajstić information content (AvgIpc) is 2.42. The highest BCUT2D eigenvalue weighted by Crippen LogP contribution is 2.22. The van der Waals surface area contributed by atoms with Crippen molar-refractivity contribution in [3.8, 4) is 0 Å². The van der Waals surface area contributed by atoms with Gasteiger partial charge < -0.3 is 15.4 Å². The molecule has 1 aliphatic rings. The van der Waals surface area contributed by atoms with E-state index in [-0.39, 0.29) is 5.91 Å². The molecule has 1 amide bonds. The predicted octanol–water partition coefficient (Wildman–Crippen LogP) is 2.53. The van der Waals surface area contributed by atoms with Crippen LogP contribution in [0.5, 0.6) is 0 Å². The number of nitrogens with zero attached hydrogens (tertiary/aromatic N) is 1. The average molecular weight is 327 g/mol. The first kappa shape index (κ1) is 14.3. The lowest BCUT2D eigenvalue weighted by atomic mass is 9.99. The van der Waals surface area contributed by atoms with Crippen molar-refractivity contribution in [2.75, 3.05) is 32.5 Å². The summed E-state index contributed by atoms with van der Waals surface area (Å²) in [5, 5.41) is 0. The number of carbonyl (C=O) groups is 1. The Morgan fingerprint density at radius 3 is 2.79 bits per heavy atom. The van der Waals surface area contributed by atoms with E-state index >= 15 is 0 Å². The fourth-order valence-corrected chi connectivity index (χ4v) is 2.54. The monoisotopic (exact) mass is 326 g/mol. The Hall–Kier alpha value is -1.07. The van der Waals surface area contributed by atoms with E-state index in [9.17, 15) is 4.79 Å². The summed E-state index contributed by atoms with van der Waals surface area (Å²) in [6.07, 6.45) is 2.06. The van der Waals surface area contributed by atoms with Crippen molar-refractivity contribution in [1.82, 2.24) is 4.90 Å². The summed E-state index contributed by atoms with van der Waals surface area (Å²) in [4.78, 5) is 14.1. The van der Waals surface area contributed by atoms with Crippen LogP contribution in [0.2, 0.25) is 0 Å². The number of ether oxygens (including phenoxy) is 1. The first-order valence-electron chi connectivity index (χ1n) is 6.46. The summed E-state index contributed by atoms with van der Waals surface area (Å²) in [5.41, 5.74) is 7.03. The van der Waals surface area contributed by atoms with Gasteiger partial charge in [-0.1, -0.05) is 0 Å². The van der Waals surface area contributed by atoms with Gasteiger partial charge in [-0.05, 0) is 52.9 Å². The summed E-state index contributed by atoms with van der Waals surface area (Å²) >= 11 is 3.33. The van der Waals surface area contributed by atoms with E-state index in [1.165, 1.54) is 0 Å². The highest BCUT2D eigenvalue weighted by molar-refractivity contribution is 9.10. The van der Waals surface area contributed by atoms with E-state index in [4.69, 9.17) is 10.5 Å². The molecule has 0 bridgehead atoms. The van der Waals surface area contributed by atoms with Crippen molar-refractivity contribution < 1.29 is 9.53 Å². The SMILES string of the molecule is CN(CC1CCOCC1)C(=O)c1ccc(Br)c(N)c1. The minimum absolute atomic E-state index is 0.0192. The lowest BCUT2D eigenvalue weighted by molar-refractivity contribution is 0.0497. The van der Waals surface area contributed by atoms with Gasteiger partial charge in [-0.3, -0.25) is 4.79 Å². The van der Waals surface area contributed by atoms with Crippen molar-refractivity contribution in [1.29, 1.82) is 0 Å². The summed E-state index contributed by atoms with van der Waals surface area (Å²) in [6, 6.07) is 5.32. The van der Waals surface area contributed by atoms with Crippen molar-refractivity contribution in [2.45, 2.75) is 12.8 Å². The van der Waals surface area contributed by atoms with Gasteiger partial charge in [0, 0.05) is 42.5 Å². The van der Waals surface area contributed by atoms with Gasteiger partial charge in [0.2, 0.25) is 0 Å². The third-order valence-electron chi connectivity index (χ3n) is 3.46. The second-order valence-electron chi connectivity index (χ2n) is 4.98. The zero-order valence-electron chi connectivity index (χ0n) is 11.1. The minimum atomic E-state index is 0.0192. The molecule has 104 valence electrons. The van der Waals surface area contributed by atoms with Gasteiger partial charge in [-0.15, -0.1) is 0 Å². The molecule has 2 N–H and O–H groups in total. The molecule has 19 heavy (non-hydrogen) atoms. The Bertz CT molecular complexity index is 459. The van der Waals surface area contributed by atoms with E-state index in [1.807, 2.05) is 13.1 Å². The fraction of sp³-hybridized carbons (Fsp3) is 0.500. The first-order valence-corrected chi connectivity index (χ1v) is 7.25. The molecule has 0 aliphatic carbocycles. The number of rotatable bonds is 3. The van der Waals surface area contributed by atoms with Gasteiger partial charge in [-0.25, -0.2) is 0 Å². The van der Waals surface area contributed by atoms with Crippen LogP contribution in [0.25, 0.3) is 0 Å². The van der Waals surface area contributed by atoms with Crippen LogP contribution in [0.3, 0.4) is 0 Å². The summed E-state index contributed by atoms with van der Waals surface area (Å²) < 4.78 is 6.15. The molecule has 2 rings (SSSR count). The lowest BCUT2D eigenvalue weighted by Gasteiger charge is -2.27. The van der Waals surface area contributed by atoms with E-state index < -0.39 is 0 Å². The fourth-order valence-electron chi connectivity index (χ4n) is 2.30. The zero-order chi connectivity index (χ0) is 13.8. The molecule has 1 aromatic carbocycles. The third kappa shape index (κ3) is 3.70. The number of nitrogen functional groups attached to an aromatic ring is 1. The molecular weight excluding hydrogens is 308 g/mol. The number of benzene rings is 1. The zero-order valence-corrected chi connectivity index (χ0v) is 12.6. The maximum absolute atomic E-state index is 12.3. The predicted molar refractivity (Wildman–Crippen MR) is 79.1 cm³/mol. The van der Waals surface area contributed by atoms with E-state index in [0.717, 1.165) is 37.1 Å². The number of anilines is 1. The largest absolute Gasteiger partial charge is 0.398 e. The molecule has 1 heterocycles. The second kappa shape index (κ2) is 6.39. The third-order valence-corrected chi connectivity index (χ3v) is 4.18. The Morgan fingerprint density at radius 1 is 1.47 bits per heavy atom. The van der Waals surface area contributed by atoms with E-state index in [1.54, 1.807) is 17.0 Å². The van der Waals surface area contributed by atoms with Gasteiger partial charge in [0.25, 0.3) is 5.91 Å². The van der Waals surface area contributed by atoms with Crippen molar-refractivity contribution in [3.05, 3.63) is 28.2 Å². The van der Waals surface area contributed by atoms with Crippen LogP contribution in [0.15, 0.2) is 22.7 Å². The Labute approximate surface area is 122 Å². The molecular formula is C14H19BrN2O2. The first-order chi connectivity index (χ1) is 9.08. The summed E-state index contributed by atoms with van der Waals surface area (Å²) in [6.45, 7) is 2.38. The van der Waals surface area contributed by atoms with Crippen molar-refractivity contribution in [2.24, 2.45) is 5.92 Å². The molecule has 0 radical (unpaired) electrons. The van der Waals surface area contributed by atoms with Gasteiger partial charge in [-0.2, -0.15) is 0 Å². The van der Waals surface area contributed by atoms with Crippen LogP contribution in [-0.4, -0.2) is 37.6 Å². The molecule has 1 fully saturated rings. The topological polar surface area (TPSA) is 55.6 Å². The Kier molecular flexibility index (Phi) is 4.82. The Morgan fingerprint density at radius 2 is 2.16 bits per heavy atom. The van der Waals surface area contributed by atoms with E-state index in [0.29, 0.717) is 17.2 Å². The number of hydrogen-bond donors (Lipinski definition) is 1. The Balaban J connectivity index is 1.99. The number of amides is 1. The van der Waals surface area contributed by atoms with Crippen LogP contribution in [-0.2, 0) is 4.74 Å². The molecule has 0 aromatic heterocycles. The van der Waals surface area contributed by atoms with Crippen LogP contribution >= 0.6 is 15.9 Å². The number of carbonyl (C=O) groups excluding carboxylic acids is 1. The lowest BCUT2D eigenvalue weighted by Crippen LogP contribution is -2.34.